The van der Waals surface area contributed by atoms with Gasteiger partial charge in [-0.25, -0.2) is 0 Å². The molecule has 0 saturated carbocycles. The lowest BCUT2D eigenvalue weighted by molar-refractivity contribution is 0.221. The Morgan fingerprint density at radius 1 is 0.969 bits per heavy atom. The monoisotopic (exact) mass is 453 g/mol. The van der Waals surface area contributed by atoms with Crippen LogP contribution in [0.15, 0.2) is 30.3 Å². The molecule has 32 heavy (non-hydrogen) atoms. The molecular formula is C29H44NOP. The molecule has 1 saturated heterocycles. The van der Waals surface area contributed by atoms with Gasteiger partial charge >= 0.3 is 0 Å². The fourth-order valence-electron chi connectivity index (χ4n) is 5.03. The lowest BCUT2D eigenvalue weighted by Crippen LogP contribution is -2.31. The Hall–Kier alpha value is -1.37. The molecule has 1 aliphatic heterocycles. The van der Waals surface area contributed by atoms with Gasteiger partial charge in [-0.05, 0) is 73.6 Å². The second kappa shape index (κ2) is 10.3. The van der Waals surface area contributed by atoms with Gasteiger partial charge in [-0.15, -0.1) is 0 Å². The molecule has 176 valence electrons. The standard InChI is InChI=1S/C29H44NOP/c1-8-14-29(7,25-19-24(28(4,5)6)18-22(3)27(25)31)32-26-13-12-21(2)17-23(26)20-30-15-10-9-11-16-30/h12-13,17-19,31-32H,8-11,14-16,20H2,1-7H3. The molecule has 2 aromatic carbocycles. The molecule has 0 spiro atoms. The molecule has 0 radical (unpaired) electrons. The van der Waals surface area contributed by atoms with Gasteiger partial charge in [0, 0.05) is 17.3 Å². The molecule has 2 atom stereocenters. The van der Waals surface area contributed by atoms with E-state index in [1.54, 1.807) is 0 Å². The lowest BCUT2D eigenvalue weighted by atomic mass is 9.82. The third kappa shape index (κ3) is 5.95. The van der Waals surface area contributed by atoms with Gasteiger partial charge in [-0.3, -0.25) is 4.90 Å². The van der Waals surface area contributed by atoms with Gasteiger partial charge in [0.15, 0.2) is 0 Å². The van der Waals surface area contributed by atoms with Gasteiger partial charge in [-0.2, -0.15) is 0 Å². The van der Waals surface area contributed by atoms with E-state index in [0.29, 0.717) is 14.3 Å². The van der Waals surface area contributed by atoms with Crippen molar-refractivity contribution in [2.45, 2.75) is 97.7 Å². The van der Waals surface area contributed by atoms with Crippen molar-refractivity contribution in [3.05, 3.63) is 58.1 Å². The Balaban J connectivity index is 2.02. The minimum atomic E-state index is -0.0727. The summed E-state index contributed by atoms with van der Waals surface area (Å²) in [7, 11) is 0.635. The molecule has 3 heteroatoms. The number of aryl methyl sites for hydroxylation is 2. The maximum atomic E-state index is 11.2. The maximum absolute atomic E-state index is 11.2. The number of hydrogen-bond acceptors (Lipinski definition) is 2. The first kappa shape index (κ1) is 25.3. The summed E-state index contributed by atoms with van der Waals surface area (Å²) in [5.74, 6) is 0.492. The zero-order chi connectivity index (χ0) is 23.5. The number of hydrogen-bond donors (Lipinski definition) is 1. The highest BCUT2D eigenvalue weighted by molar-refractivity contribution is 7.48. The van der Waals surface area contributed by atoms with Crippen LogP contribution in [0.25, 0.3) is 0 Å². The molecule has 2 nitrogen and oxygen atoms in total. The van der Waals surface area contributed by atoms with E-state index < -0.39 is 0 Å². The van der Waals surface area contributed by atoms with Crippen LogP contribution < -0.4 is 5.30 Å². The average molecular weight is 454 g/mol. The van der Waals surface area contributed by atoms with Crippen molar-refractivity contribution in [3.63, 3.8) is 0 Å². The van der Waals surface area contributed by atoms with E-state index in [2.05, 4.69) is 83.7 Å². The van der Waals surface area contributed by atoms with Crippen molar-refractivity contribution in [1.29, 1.82) is 0 Å². The molecule has 1 N–H and O–H groups in total. The first-order chi connectivity index (χ1) is 15.0. The molecule has 2 aromatic rings. The number of likely N-dealkylation sites (tertiary alicyclic amines) is 1. The van der Waals surface area contributed by atoms with E-state index in [4.69, 9.17) is 0 Å². The van der Waals surface area contributed by atoms with Crippen molar-refractivity contribution in [1.82, 2.24) is 4.90 Å². The molecule has 1 fully saturated rings. The Kier molecular flexibility index (Phi) is 8.11. The molecule has 0 amide bonds. The normalized spacial score (nSPS) is 17.7. The van der Waals surface area contributed by atoms with E-state index in [0.717, 1.165) is 30.5 Å². The first-order valence-electron chi connectivity index (χ1n) is 12.5. The number of phenols is 1. The number of nitrogens with zero attached hydrogens (tertiary/aromatic N) is 1. The summed E-state index contributed by atoms with van der Waals surface area (Å²) in [6.45, 7) is 19.2. The summed E-state index contributed by atoms with van der Waals surface area (Å²) >= 11 is 0. The molecule has 0 bridgehead atoms. The minimum absolute atomic E-state index is 0.0622. The zero-order valence-corrected chi connectivity index (χ0v) is 22.4. The Morgan fingerprint density at radius 2 is 1.66 bits per heavy atom. The fourth-order valence-corrected chi connectivity index (χ4v) is 6.80. The number of phenolic OH excluding ortho intramolecular Hbond substituents is 1. The largest absolute Gasteiger partial charge is 0.507 e. The number of aromatic hydroxyl groups is 1. The Labute approximate surface area is 198 Å². The van der Waals surface area contributed by atoms with Crippen LogP contribution in [-0.2, 0) is 17.1 Å². The van der Waals surface area contributed by atoms with Crippen molar-refractivity contribution in [3.8, 4) is 5.75 Å². The van der Waals surface area contributed by atoms with Crippen molar-refractivity contribution >= 4 is 13.9 Å². The van der Waals surface area contributed by atoms with E-state index in [9.17, 15) is 5.11 Å². The third-order valence-corrected chi connectivity index (χ3v) is 8.85. The number of benzene rings is 2. The average Bonchev–Trinajstić information content (AvgIpc) is 2.72. The van der Waals surface area contributed by atoms with Crippen molar-refractivity contribution in [2.75, 3.05) is 13.1 Å². The quantitative estimate of drug-likeness (QED) is 0.444. The molecule has 1 heterocycles. The SMILES string of the molecule is CCCC(C)(Pc1ccc(C)cc1CN1CCCCC1)c1cc(C(C)(C)C)cc(C)c1O. The van der Waals surface area contributed by atoms with Crippen LogP contribution in [0.2, 0.25) is 0 Å². The second-order valence-electron chi connectivity index (χ2n) is 11.1. The fraction of sp³-hybridized carbons (Fsp3) is 0.586. The Bertz CT molecular complexity index is 923. The lowest BCUT2D eigenvalue weighted by Gasteiger charge is -2.35. The van der Waals surface area contributed by atoms with Gasteiger partial charge in [0.25, 0.3) is 0 Å². The molecule has 1 aliphatic rings. The smallest absolute Gasteiger partial charge is 0.122 e. The van der Waals surface area contributed by atoms with Crippen LogP contribution in [0.3, 0.4) is 0 Å². The zero-order valence-electron chi connectivity index (χ0n) is 21.4. The topological polar surface area (TPSA) is 23.5 Å². The molecule has 0 aliphatic carbocycles. The highest BCUT2D eigenvalue weighted by Gasteiger charge is 2.32. The summed E-state index contributed by atoms with van der Waals surface area (Å²) in [5, 5.41) is 12.6. The number of rotatable bonds is 7. The third-order valence-electron chi connectivity index (χ3n) is 7.02. The van der Waals surface area contributed by atoms with E-state index in [-0.39, 0.29) is 10.6 Å². The molecule has 0 aromatic heterocycles. The summed E-state index contributed by atoms with van der Waals surface area (Å²) in [4.78, 5) is 2.63. The van der Waals surface area contributed by atoms with Gasteiger partial charge in [0.2, 0.25) is 0 Å². The Morgan fingerprint density at radius 3 is 2.28 bits per heavy atom. The summed E-state index contributed by atoms with van der Waals surface area (Å²) in [5.41, 5.74) is 6.33. The highest BCUT2D eigenvalue weighted by atomic mass is 31.1. The minimum Gasteiger partial charge on any atom is -0.507 e. The van der Waals surface area contributed by atoms with Crippen molar-refractivity contribution in [2.24, 2.45) is 0 Å². The first-order valence-corrected chi connectivity index (χ1v) is 13.5. The van der Waals surface area contributed by atoms with Crippen LogP contribution in [0.5, 0.6) is 5.75 Å². The van der Waals surface area contributed by atoms with Gasteiger partial charge < -0.3 is 5.11 Å². The summed E-state index contributed by atoms with van der Waals surface area (Å²) in [6.07, 6.45) is 6.20. The number of piperidine rings is 1. The second-order valence-corrected chi connectivity index (χ2v) is 13.0. The van der Waals surface area contributed by atoms with E-state index in [1.807, 2.05) is 0 Å². The molecular weight excluding hydrogens is 409 g/mol. The van der Waals surface area contributed by atoms with Crippen LogP contribution in [-0.4, -0.2) is 23.1 Å². The van der Waals surface area contributed by atoms with Gasteiger partial charge in [0.05, 0.1) is 0 Å². The van der Waals surface area contributed by atoms with Gasteiger partial charge in [-0.1, -0.05) is 91.9 Å². The van der Waals surface area contributed by atoms with Gasteiger partial charge in [0.1, 0.15) is 5.75 Å². The molecule has 3 rings (SSSR count). The highest BCUT2D eigenvalue weighted by Crippen LogP contribution is 2.50. The summed E-state index contributed by atoms with van der Waals surface area (Å²) < 4.78 is 0. The molecule has 2 unspecified atom stereocenters. The van der Waals surface area contributed by atoms with E-state index in [1.165, 1.54) is 54.3 Å². The summed E-state index contributed by atoms with van der Waals surface area (Å²) in [6, 6.07) is 11.5. The van der Waals surface area contributed by atoms with Crippen LogP contribution >= 0.6 is 8.58 Å². The van der Waals surface area contributed by atoms with E-state index >= 15 is 0 Å². The van der Waals surface area contributed by atoms with Crippen LogP contribution in [0.4, 0.5) is 0 Å². The predicted octanol–water partition coefficient (Wildman–Crippen LogP) is 7.31. The predicted molar refractivity (Wildman–Crippen MR) is 142 cm³/mol. The van der Waals surface area contributed by atoms with Crippen molar-refractivity contribution < 1.29 is 5.11 Å². The van der Waals surface area contributed by atoms with Crippen LogP contribution in [0.1, 0.15) is 94.5 Å². The van der Waals surface area contributed by atoms with Crippen LogP contribution in [0, 0.1) is 13.8 Å². The maximum Gasteiger partial charge on any atom is 0.122 e.